The second-order valence-corrected chi connectivity index (χ2v) is 7.84. The van der Waals surface area contributed by atoms with E-state index < -0.39 is 5.82 Å². The number of piperazine rings is 1. The van der Waals surface area contributed by atoms with Gasteiger partial charge in [-0.15, -0.1) is 0 Å². The molecule has 8 heteroatoms. The Balaban J connectivity index is 1.49. The standard InChI is InChI=1S/C18H14Cl2FN3OS/c19-11-4-5-14-15(10-11)26-18(22-14)24-8-6-23(7-9-24)17(25)16-12(20)2-1-3-13(16)21/h1-5,10H,6-9H2. The Bertz CT molecular complexity index is 965. The van der Waals surface area contributed by atoms with Gasteiger partial charge in [0, 0.05) is 31.2 Å². The molecule has 1 saturated heterocycles. The van der Waals surface area contributed by atoms with Crippen molar-refractivity contribution in [2.75, 3.05) is 31.1 Å². The smallest absolute Gasteiger partial charge is 0.258 e. The molecule has 3 aromatic rings. The normalized spacial score (nSPS) is 14.9. The topological polar surface area (TPSA) is 36.4 Å². The average molecular weight is 410 g/mol. The number of aromatic nitrogens is 1. The van der Waals surface area contributed by atoms with E-state index in [-0.39, 0.29) is 16.5 Å². The molecule has 0 unspecified atom stereocenters. The van der Waals surface area contributed by atoms with Crippen LogP contribution in [-0.2, 0) is 0 Å². The molecule has 1 amide bonds. The van der Waals surface area contributed by atoms with Crippen molar-refractivity contribution < 1.29 is 9.18 Å². The van der Waals surface area contributed by atoms with Crippen LogP contribution in [0.2, 0.25) is 10.0 Å². The van der Waals surface area contributed by atoms with Crippen LogP contribution in [0.3, 0.4) is 0 Å². The van der Waals surface area contributed by atoms with Crippen LogP contribution in [0.1, 0.15) is 10.4 Å². The molecular weight excluding hydrogens is 396 g/mol. The maximum Gasteiger partial charge on any atom is 0.258 e. The third kappa shape index (κ3) is 3.24. The lowest BCUT2D eigenvalue weighted by Gasteiger charge is -2.34. The molecule has 134 valence electrons. The fraction of sp³-hybridized carbons (Fsp3) is 0.222. The molecule has 4 nitrogen and oxygen atoms in total. The van der Waals surface area contributed by atoms with Gasteiger partial charge in [0.2, 0.25) is 0 Å². The average Bonchev–Trinajstić information content (AvgIpc) is 3.04. The molecule has 0 aliphatic carbocycles. The Morgan fingerprint density at radius 3 is 2.62 bits per heavy atom. The molecular formula is C18H14Cl2FN3OS. The van der Waals surface area contributed by atoms with Gasteiger partial charge in [-0.2, -0.15) is 0 Å². The van der Waals surface area contributed by atoms with Gasteiger partial charge in [-0.1, -0.05) is 40.6 Å². The van der Waals surface area contributed by atoms with Gasteiger partial charge in [-0.3, -0.25) is 4.79 Å². The van der Waals surface area contributed by atoms with Gasteiger partial charge in [0.25, 0.3) is 5.91 Å². The van der Waals surface area contributed by atoms with E-state index in [0.717, 1.165) is 15.3 Å². The Hall–Kier alpha value is -1.89. The number of amides is 1. The second kappa shape index (κ2) is 7.02. The fourth-order valence-electron chi connectivity index (χ4n) is 2.98. The number of nitrogens with zero attached hydrogens (tertiary/aromatic N) is 3. The molecule has 1 fully saturated rings. The van der Waals surface area contributed by atoms with Gasteiger partial charge in [-0.25, -0.2) is 9.37 Å². The van der Waals surface area contributed by atoms with Gasteiger partial charge in [0.05, 0.1) is 20.8 Å². The number of thiazole rings is 1. The minimum absolute atomic E-state index is 0.0581. The molecule has 1 aromatic heterocycles. The fourth-order valence-corrected chi connectivity index (χ4v) is 4.52. The van der Waals surface area contributed by atoms with Crippen LogP contribution < -0.4 is 4.90 Å². The van der Waals surface area contributed by atoms with E-state index in [4.69, 9.17) is 23.2 Å². The number of hydrogen-bond acceptors (Lipinski definition) is 4. The first-order valence-electron chi connectivity index (χ1n) is 8.07. The molecule has 0 N–H and O–H groups in total. The maximum atomic E-state index is 14.0. The van der Waals surface area contributed by atoms with Crippen LogP contribution in [-0.4, -0.2) is 42.0 Å². The van der Waals surface area contributed by atoms with Gasteiger partial charge in [0.1, 0.15) is 5.82 Å². The quantitative estimate of drug-likeness (QED) is 0.614. The Morgan fingerprint density at radius 1 is 1.12 bits per heavy atom. The van der Waals surface area contributed by atoms with Crippen LogP contribution >= 0.6 is 34.5 Å². The van der Waals surface area contributed by atoms with E-state index in [1.807, 2.05) is 18.2 Å². The molecule has 4 rings (SSSR count). The van der Waals surface area contributed by atoms with Crippen molar-refractivity contribution in [1.82, 2.24) is 9.88 Å². The third-order valence-electron chi connectivity index (χ3n) is 4.35. The van der Waals surface area contributed by atoms with E-state index >= 15 is 0 Å². The van der Waals surface area contributed by atoms with Gasteiger partial charge in [-0.05, 0) is 30.3 Å². The molecule has 1 aliphatic rings. The molecule has 2 heterocycles. The second-order valence-electron chi connectivity index (χ2n) is 5.98. The highest BCUT2D eigenvalue weighted by atomic mass is 35.5. The lowest BCUT2D eigenvalue weighted by Crippen LogP contribution is -2.49. The highest BCUT2D eigenvalue weighted by Crippen LogP contribution is 2.31. The number of hydrogen-bond donors (Lipinski definition) is 0. The summed E-state index contributed by atoms with van der Waals surface area (Å²) < 4.78 is 15.0. The summed E-state index contributed by atoms with van der Waals surface area (Å²) in [5.41, 5.74) is 0.850. The van der Waals surface area contributed by atoms with Crippen LogP contribution in [0.5, 0.6) is 0 Å². The van der Waals surface area contributed by atoms with E-state index in [1.165, 1.54) is 18.2 Å². The number of fused-ring (bicyclic) bond motifs is 1. The summed E-state index contributed by atoms with van der Waals surface area (Å²) in [7, 11) is 0. The third-order valence-corrected chi connectivity index (χ3v) is 5.98. The molecule has 0 bridgehead atoms. The first-order valence-corrected chi connectivity index (χ1v) is 9.64. The van der Waals surface area contributed by atoms with Crippen molar-refractivity contribution in [1.29, 1.82) is 0 Å². The van der Waals surface area contributed by atoms with Crippen LogP contribution in [0.4, 0.5) is 9.52 Å². The molecule has 2 aromatic carbocycles. The van der Waals surface area contributed by atoms with E-state index in [9.17, 15) is 9.18 Å². The number of carbonyl (C=O) groups is 1. The number of carbonyl (C=O) groups excluding carboxylic acids is 1. The minimum atomic E-state index is -0.590. The monoisotopic (exact) mass is 409 g/mol. The van der Waals surface area contributed by atoms with Crippen molar-refractivity contribution in [3.63, 3.8) is 0 Å². The van der Waals surface area contributed by atoms with Crippen molar-refractivity contribution in [2.45, 2.75) is 0 Å². The largest absolute Gasteiger partial charge is 0.345 e. The van der Waals surface area contributed by atoms with Crippen molar-refractivity contribution in [3.8, 4) is 0 Å². The Kier molecular flexibility index (Phi) is 4.73. The molecule has 1 aliphatic heterocycles. The zero-order valence-electron chi connectivity index (χ0n) is 13.6. The zero-order valence-corrected chi connectivity index (χ0v) is 15.9. The predicted molar refractivity (Wildman–Crippen MR) is 104 cm³/mol. The van der Waals surface area contributed by atoms with E-state index in [0.29, 0.717) is 31.2 Å². The summed E-state index contributed by atoms with van der Waals surface area (Å²) in [5.74, 6) is -0.961. The minimum Gasteiger partial charge on any atom is -0.345 e. The maximum absolute atomic E-state index is 14.0. The SMILES string of the molecule is O=C(c1c(F)cccc1Cl)N1CCN(c2nc3ccc(Cl)cc3s2)CC1. The van der Waals surface area contributed by atoms with Gasteiger partial charge in [0.15, 0.2) is 5.13 Å². The first kappa shape index (κ1) is 17.5. The lowest BCUT2D eigenvalue weighted by atomic mass is 10.1. The summed E-state index contributed by atoms with van der Waals surface area (Å²) in [5, 5.41) is 1.73. The zero-order chi connectivity index (χ0) is 18.3. The Labute approximate surface area is 163 Å². The van der Waals surface area contributed by atoms with E-state index in [2.05, 4.69) is 9.88 Å². The van der Waals surface area contributed by atoms with Crippen LogP contribution in [0.25, 0.3) is 10.2 Å². The highest BCUT2D eigenvalue weighted by Gasteiger charge is 2.27. The predicted octanol–water partition coefficient (Wildman–Crippen LogP) is 4.70. The van der Waals surface area contributed by atoms with Gasteiger partial charge < -0.3 is 9.80 Å². The molecule has 0 atom stereocenters. The molecule has 0 spiro atoms. The summed E-state index contributed by atoms with van der Waals surface area (Å²) in [6.45, 7) is 2.23. The summed E-state index contributed by atoms with van der Waals surface area (Å²) >= 11 is 13.6. The van der Waals surface area contributed by atoms with Crippen molar-refractivity contribution >= 4 is 55.8 Å². The first-order chi connectivity index (χ1) is 12.5. The summed E-state index contributed by atoms with van der Waals surface area (Å²) in [6, 6.07) is 9.89. The molecule has 0 saturated carbocycles. The lowest BCUT2D eigenvalue weighted by molar-refractivity contribution is 0.0742. The van der Waals surface area contributed by atoms with E-state index in [1.54, 1.807) is 16.2 Å². The summed E-state index contributed by atoms with van der Waals surface area (Å²) in [4.78, 5) is 21.0. The number of rotatable bonds is 2. The Morgan fingerprint density at radius 2 is 1.88 bits per heavy atom. The molecule has 0 radical (unpaired) electrons. The van der Waals surface area contributed by atoms with Crippen LogP contribution in [0, 0.1) is 5.82 Å². The van der Waals surface area contributed by atoms with Crippen molar-refractivity contribution in [3.05, 3.63) is 57.8 Å². The number of anilines is 1. The van der Waals surface area contributed by atoms with Gasteiger partial charge >= 0.3 is 0 Å². The number of benzene rings is 2. The molecule has 26 heavy (non-hydrogen) atoms. The highest BCUT2D eigenvalue weighted by molar-refractivity contribution is 7.22. The summed E-state index contributed by atoms with van der Waals surface area (Å²) in [6.07, 6.45) is 0. The van der Waals surface area contributed by atoms with Crippen molar-refractivity contribution in [2.24, 2.45) is 0 Å². The van der Waals surface area contributed by atoms with Crippen LogP contribution in [0.15, 0.2) is 36.4 Å². The number of halogens is 3.